The first-order chi connectivity index (χ1) is 16.1. The van der Waals surface area contributed by atoms with Gasteiger partial charge in [0.25, 0.3) is 5.56 Å². The number of rotatable bonds is 3. The largest absolute Gasteiger partial charge is 0.322 e. The summed E-state index contributed by atoms with van der Waals surface area (Å²) < 4.78 is 3.40. The number of para-hydroxylation sites is 3. The van der Waals surface area contributed by atoms with E-state index in [0.29, 0.717) is 16.6 Å². The van der Waals surface area contributed by atoms with E-state index in [0.717, 1.165) is 33.1 Å². The summed E-state index contributed by atoms with van der Waals surface area (Å²) in [5, 5.41) is 5.42. The minimum absolute atomic E-state index is 0.135. The minimum atomic E-state index is -0.300. The first-order valence-electron chi connectivity index (χ1n) is 10.6. The van der Waals surface area contributed by atoms with Crippen molar-refractivity contribution in [1.82, 2.24) is 18.9 Å². The molecule has 1 N–H and O–H groups in total. The van der Waals surface area contributed by atoms with Crippen molar-refractivity contribution in [1.29, 1.82) is 0 Å². The summed E-state index contributed by atoms with van der Waals surface area (Å²) in [6.45, 7) is 1.82. The average molecular weight is 433 g/mol. The molecule has 7 heteroatoms. The van der Waals surface area contributed by atoms with Crippen molar-refractivity contribution in [3.05, 3.63) is 95.3 Å². The van der Waals surface area contributed by atoms with Crippen LogP contribution >= 0.6 is 0 Å². The molecule has 0 fully saturated rings. The zero-order valence-corrected chi connectivity index (χ0v) is 17.8. The molecule has 3 aromatic heterocycles. The Hall–Kier alpha value is -4.52. The Kier molecular flexibility index (Phi) is 4.23. The van der Waals surface area contributed by atoms with E-state index in [1.807, 2.05) is 61.5 Å². The van der Waals surface area contributed by atoms with Crippen molar-refractivity contribution in [3.63, 3.8) is 0 Å². The first kappa shape index (κ1) is 19.2. The molecule has 0 aliphatic rings. The molecule has 0 saturated heterocycles. The highest BCUT2D eigenvalue weighted by Gasteiger charge is 2.19. The third kappa shape index (κ3) is 2.97. The van der Waals surface area contributed by atoms with Crippen molar-refractivity contribution >= 4 is 49.8 Å². The number of nitrogens with zero attached hydrogens (tertiary/aromatic N) is 4. The number of carbonyl (C=O) groups excluding carboxylic acids is 1. The number of benzene rings is 3. The van der Waals surface area contributed by atoms with Gasteiger partial charge in [0.05, 0.1) is 39.5 Å². The molecule has 0 atom stereocenters. The maximum atomic E-state index is 13.2. The van der Waals surface area contributed by atoms with Gasteiger partial charge in [-0.2, -0.15) is 0 Å². The quantitative estimate of drug-likeness (QED) is 0.451. The van der Waals surface area contributed by atoms with Crippen LogP contribution in [0.5, 0.6) is 0 Å². The Morgan fingerprint density at radius 2 is 1.55 bits per heavy atom. The smallest absolute Gasteiger partial charge is 0.261 e. The number of carbonyl (C=O) groups is 1. The molecule has 1 amide bonds. The molecule has 3 aromatic carbocycles. The molecule has 6 rings (SSSR count). The van der Waals surface area contributed by atoms with Crippen LogP contribution in [-0.4, -0.2) is 24.8 Å². The highest BCUT2D eigenvalue weighted by molar-refractivity contribution is 6.16. The Labute approximate surface area is 187 Å². The highest BCUT2D eigenvalue weighted by Crippen LogP contribution is 2.36. The number of aryl methyl sites for hydroxylation is 1. The van der Waals surface area contributed by atoms with Gasteiger partial charge in [0.15, 0.2) is 0 Å². The predicted molar refractivity (Wildman–Crippen MR) is 130 cm³/mol. The molecular weight excluding hydrogens is 414 g/mol. The van der Waals surface area contributed by atoms with Crippen molar-refractivity contribution in [2.45, 2.75) is 13.5 Å². The summed E-state index contributed by atoms with van der Waals surface area (Å²) in [6, 6.07) is 22.9. The van der Waals surface area contributed by atoms with Crippen LogP contribution in [0.15, 0.2) is 83.9 Å². The Morgan fingerprint density at radius 3 is 2.36 bits per heavy atom. The minimum Gasteiger partial charge on any atom is -0.322 e. The lowest BCUT2D eigenvalue weighted by Gasteiger charge is -2.10. The normalized spacial score (nSPS) is 11.5. The molecule has 0 bridgehead atoms. The molecule has 0 spiro atoms. The number of aromatic nitrogens is 4. The van der Waals surface area contributed by atoms with Crippen molar-refractivity contribution in [2.24, 2.45) is 0 Å². The molecule has 6 aromatic rings. The van der Waals surface area contributed by atoms with E-state index in [1.165, 1.54) is 10.9 Å². The molecule has 160 valence electrons. The maximum absolute atomic E-state index is 13.2. The molecule has 0 unspecified atom stereocenters. The topological polar surface area (TPSA) is 81.3 Å². The molecule has 0 aliphatic carbocycles. The van der Waals surface area contributed by atoms with Crippen LogP contribution in [0.4, 0.5) is 5.69 Å². The van der Waals surface area contributed by atoms with E-state index < -0.39 is 0 Å². The second-order valence-corrected chi connectivity index (χ2v) is 8.00. The lowest BCUT2D eigenvalue weighted by Crippen LogP contribution is -2.27. The van der Waals surface area contributed by atoms with E-state index in [-0.39, 0.29) is 18.0 Å². The lowest BCUT2D eigenvalue weighted by molar-refractivity contribution is -0.116. The van der Waals surface area contributed by atoms with Gasteiger partial charge in [-0.05, 0) is 31.2 Å². The molecule has 7 nitrogen and oxygen atoms in total. The van der Waals surface area contributed by atoms with Crippen LogP contribution in [0.25, 0.3) is 38.2 Å². The van der Waals surface area contributed by atoms with Gasteiger partial charge in [0, 0.05) is 10.8 Å². The molecule has 0 radical (unpaired) electrons. The van der Waals surface area contributed by atoms with Crippen LogP contribution in [-0.2, 0) is 11.3 Å². The van der Waals surface area contributed by atoms with Crippen LogP contribution < -0.4 is 10.9 Å². The standard InChI is InChI=1S/C26H19N5O2/c1-16-28-21-12-6-2-8-17(21)25-24(19-10-4-7-13-22(19)31(16)25)29-23(32)14-30-15-27-20-11-5-3-9-18(20)26(30)33/h2-13,15H,14H2,1H3,(H,29,32). The van der Waals surface area contributed by atoms with Gasteiger partial charge < -0.3 is 5.32 Å². The van der Waals surface area contributed by atoms with Gasteiger partial charge >= 0.3 is 0 Å². The summed E-state index contributed by atoms with van der Waals surface area (Å²) in [5.74, 6) is 0.529. The molecule has 0 saturated carbocycles. The van der Waals surface area contributed by atoms with Crippen molar-refractivity contribution in [2.75, 3.05) is 5.32 Å². The van der Waals surface area contributed by atoms with Crippen LogP contribution in [0.1, 0.15) is 5.82 Å². The summed E-state index contributed by atoms with van der Waals surface area (Å²) in [4.78, 5) is 35.1. The second-order valence-electron chi connectivity index (χ2n) is 8.00. The van der Waals surface area contributed by atoms with Gasteiger partial charge in [-0.25, -0.2) is 9.97 Å². The zero-order valence-electron chi connectivity index (χ0n) is 17.8. The fraction of sp³-hybridized carbons (Fsp3) is 0.0769. The number of hydrogen-bond donors (Lipinski definition) is 1. The zero-order chi connectivity index (χ0) is 22.5. The second kappa shape index (κ2) is 7.27. The number of hydrogen-bond acceptors (Lipinski definition) is 4. The number of anilines is 1. The maximum Gasteiger partial charge on any atom is 0.261 e. The molecule has 3 heterocycles. The lowest BCUT2D eigenvalue weighted by atomic mass is 10.1. The van der Waals surface area contributed by atoms with E-state index in [1.54, 1.807) is 18.2 Å². The Bertz CT molecular complexity index is 1780. The summed E-state index contributed by atoms with van der Waals surface area (Å²) in [6.07, 6.45) is 1.42. The van der Waals surface area contributed by atoms with Gasteiger partial charge in [-0.15, -0.1) is 0 Å². The summed E-state index contributed by atoms with van der Waals surface area (Å²) >= 11 is 0. The number of fused-ring (bicyclic) bond motifs is 6. The average Bonchev–Trinajstić information content (AvgIpc) is 3.16. The van der Waals surface area contributed by atoms with Crippen molar-refractivity contribution < 1.29 is 4.79 Å². The molecule has 33 heavy (non-hydrogen) atoms. The third-order valence-corrected chi connectivity index (χ3v) is 5.95. The van der Waals surface area contributed by atoms with E-state index >= 15 is 0 Å². The predicted octanol–water partition coefficient (Wildman–Crippen LogP) is 4.30. The highest BCUT2D eigenvalue weighted by atomic mass is 16.2. The Balaban J connectivity index is 1.50. The monoisotopic (exact) mass is 433 g/mol. The number of nitrogens with one attached hydrogen (secondary N) is 1. The van der Waals surface area contributed by atoms with Crippen LogP contribution in [0.2, 0.25) is 0 Å². The van der Waals surface area contributed by atoms with Crippen molar-refractivity contribution in [3.8, 4) is 0 Å². The van der Waals surface area contributed by atoms with Gasteiger partial charge in [-0.3, -0.25) is 18.6 Å². The Morgan fingerprint density at radius 1 is 0.879 bits per heavy atom. The van der Waals surface area contributed by atoms with Crippen LogP contribution in [0.3, 0.4) is 0 Å². The number of amides is 1. The molecule has 0 aliphatic heterocycles. The van der Waals surface area contributed by atoms with E-state index in [9.17, 15) is 9.59 Å². The van der Waals surface area contributed by atoms with E-state index in [2.05, 4.69) is 14.7 Å². The van der Waals surface area contributed by atoms with Crippen LogP contribution in [0, 0.1) is 6.92 Å². The van der Waals surface area contributed by atoms with Gasteiger partial charge in [0.1, 0.15) is 12.4 Å². The summed E-state index contributed by atoms with van der Waals surface area (Å²) in [5.41, 5.74) is 3.78. The third-order valence-electron chi connectivity index (χ3n) is 5.95. The fourth-order valence-electron chi connectivity index (χ4n) is 4.51. The first-order valence-corrected chi connectivity index (χ1v) is 10.6. The summed E-state index contributed by atoms with van der Waals surface area (Å²) in [7, 11) is 0. The fourth-order valence-corrected chi connectivity index (χ4v) is 4.51. The SMILES string of the molecule is Cc1nc2ccccc2c2c(NC(=O)Cn3cnc4ccccc4c3=O)c3ccccc3n12. The van der Waals surface area contributed by atoms with Gasteiger partial charge in [0.2, 0.25) is 5.91 Å². The molecular formula is C26H19N5O2. The van der Waals surface area contributed by atoms with E-state index in [4.69, 9.17) is 4.98 Å². The van der Waals surface area contributed by atoms with Gasteiger partial charge in [-0.1, -0.05) is 48.5 Å².